The average molecular weight is 311 g/mol. The molecule has 3 rings (SSSR count). The number of aromatic nitrogens is 2. The molecular formula is C18H21N3O2. The lowest BCUT2D eigenvalue weighted by Gasteiger charge is -2.14. The Bertz CT molecular complexity index is 711. The van der Waals surface area contributed by atoms with E-state index < -0.39 is 0 Å². The predicted octanol–water partition coefficient (Wildman–Crippen LogP) is 3.31. The molecule has 1 heterocycles. The first kappa shape index (κ1) is 15.5. The normalized spacial score (nSPS) is 13.8. The molecule has 0 spiro atoms. The molecule has 1 aliphatic rings. The van der Waals surface area contributed by atoms with Crippen molar-refractivity contribution in [1.82, 2.24) is 9.97 Å². The van der Waals surface area contributed by atoms with E-state index >= 15 is 0 Å². The Morgan fingerprint density at radius 3 is 2.48 bits per heavy atom. The Hall–Kier alpha value is -2.43. The molecule has 1 N–H and O–H groups in total. The minimum absolute atomic E-state index is 0.274. The van der Waals surface area contributed by atoms with Crippen LogP contribution in [0.15, 0.2) is 24.5 Å². The highest BCUT2D eigenvalue weighted by Crippen LogP contribution is 2.32. The summed E-state index contributed by atoms with van der Waals surface area (Å²) in [5.74, 6) is 0.420. The number of amides is 1. The third kappa shape index (κ3) is 3.50. The number of carbonyl (C=O) groups excluding carboxylic acids is 1. The van der Waals surface area contributed by atoms with E-state index in [2.05, 4.69) is 21.4 Å². The Morgan fingerprint density at radius 2 is 1.83 bits per heavy atom. The average Bonchev–Trinajstić information content (AvgIpc) is 2.79. The molecule has 0 saturated heterocycles. The van der Waals surface area contributed by atoms with Crippen molar-refractivity contribution in [2.24, 2.45) is 0 Å². The lowest BCUT2D eigenvalue weighted by molar-refractivity contribution is 0.102. The van der Waals surface area contributed by atoms with Gasteiger partial charge in [-0.1, -0.05) is 6.42 Å². The highest BCUT2D eigenvalue weighted by molar-refractivity contribution is 6.03. The van der Waals surface area contributed by atoms with Crippen molar-refractivity contribution in [2.45, 2.75) is 39.0 Å². The summed E-state index contributed by atoms with van der Waals surface area (Å²) in [4.78, 5) is 20.6. The van der Waals surface area contributed by atoms with Crippen molar-refractivity contribution in [2.75, 3.05) is 12.4 Å². The number of aryl methyl sites for hydroxylation is 3. The number of nitrogens with one attached hydrogen (secondary N) is 1. The van der Waals surface area contributed by atoms with Gasteiger partial charge >= 0.3 is 0 Å². The van der Waals surface area contributed by atoms with Crippen LogP contribution in [-0.4, -0.2) is 23.0 Å². The second-order valence-corrected chi connectivity index (χ2v) is 5.88. The molecule has 5 nitrogen and oxygen atoms in total. The van der Waals surface area contributed by atoms with Crippen molar-refractivity contribution < 1.29 is 9.53 Å². The number of methoxy groups -OCH3 is 1. The maximum Gasteiger partial charge on any atom is 0.275 e. The molecule has 1 aliphatic carbocycles. The molecular weight excluding hydrogens is 290 g/mol. The number of anilines is 1. The van der Waals surface area contributed by atoms with Gasteiger partial charge in [-0.15, -0.1) is 0 Å². The summed E-state index contributed by atoms with van der Waals surface area (Å²) in [5.41, 5.74) is 4.40. The molecule has 0 atom stereocenters. The molecule has 0 saturated carbocycles. The van der Waals surface area contributed by atoms with Gasteiger partial charge in [0, 0.05) is 6.20 Å². The number of hydrogen-bond acceptors (Lipinski definition) is 4. The van der Waals surface area contributed by atoms with Crippen LogP contribution in [0.5, 0.6) is 5.75 Å². The van der Waals surface area contributed by atoms with Gasteiger partial charge in [0.25, 0.3) is 5.91 Å². The van der Waals surface area contributed by atoms with Crippen LogP contribution in [0.4, 0.5) is 5.69 Å². The number of benzene rings is 1. The van der Waals surface area contributed by atoms with Gasteiger partial charge in [0.2, 0.25) is 0 Å². The van der Waals surface area contributed by atoms with Crippen molar-refractivity contribution in [3.05, 3.63) is 47.0 Å². The van der Waals surface area contributed by atoms with Gasteiger partial charge in [0.15, 0.2) is 0 Å². The van der Waals surface area contributed by atoms with Gasteiger partial charge in [0.05, 0.1) is 24.7 Å². The summed E-state index contributed by atoms with van der Waals surface area (Å²) < 4.78 is 5.46. The summed E-state index contributed by atoms with van der Waals surface area (Å²) >= 11 is 0. The number of nitrogens with zero attached hydrogens (tertiary/aromatic N) is 2. The first-order valence-electron chi connectivity index (χ1n) is 7.97. The number of rotatable bonds is 3. The fourth-order valence-corrected chi connectivity index (χ4v) is 2.90. The van der Waals surface area contributed by atoms with E-state index in [0.29, 0.717) is 17.1 Å². The van der Waals surface area contributed by atoms with E-state index in [4.69, 9.17) is 4.74 Å². The summed E-state index contributed by atoms with van der Waals surface area (Å²) in [6, 6.07) is 4.09. The van der Waals surface area contributed by atoms with Crippen LogP contribution in [0.25, 0.3) is 0 Å². The molecule has 1 aromatic carbocycles. The molecule has 23 heavy (non-hydrogen) atoms. The first-order chi connectivity index (χ1) is 11.2. The Morgan fingerprint density at radius 1 is 1.09 bits per heavy atom. The zero-order valence-corrected chi connectivity index (χ0v) is 13.6. The summed E-state index contributed by atoms with van der Waals surface area (Å²) in [7, 11) is 1.62. The molecule has 2 aromatic rings. The van der Waals surface area contributed by atoms with E-state index in [9.17, 15) is 4.79 Å². The Labute approximate surface area is 136 Å². The summed E-state index contributed by atoms with van der Waals surface area (Å²) in [6.07, 6.45) is 8.84. The van der Waals surface area contributed by atoms with Crippen molar-refractivity contribution >= 4 is 11.6 Å². The van der Waals surface area contributed by atoms with Crippen LogP contribution in [0.1, 0.15) is 46.6 Å². The minimum atomic E-state index is -0.274. The lowest BCUT2D eigenvalue weighted by Crippen LogP contribution is -2.15. The van der Waals surface area contributed by atoms with Crippen molar-refractivity contribution in [3.8, 4) is 5.75 Å². The molecule has 1 aromatic heterocycles. The standard InChI is InChI=1S/C18H21N3O2/c1-12-10-20-16(11-19-12)18(22)21-15-8-13-6-4-3-5-7-14(13)9-17(15)23-2/h8-11H,3-7H2,1-2H3,(H,21,22). The third-order valence-electron chi connectivity index (χ3n) is 4.18. The molecule has 0 unspecified atom stereocenters. The SMILES string of the molecule is COc1cc2c(cc1NC(=O)c1cnc(C)cn1)CCCCC2. The second kappa shape index (κ2) is 6.77. The fraction of sp³-hybridized carbons (Fsp3) is 0.389. The Kier molecular flexibility index (Phi) is 4.55. The zero-order chi connectivity index (χ0) is 16.2. The van der Waals surface area contributed by atoms with Crippen LogP contribution in [0.2, 0.25) is 0 Å². The van der Waals surface area contributed by atoms with E-state index in [1.54, 1.807) is 13.3 Å². The number of hydrogen-bond donors (Lipinski definition) is 1. The highest BCUT2D eigenvalue weighted by Gasteiger charge is 2.16. The van der Waals surface area contributed by atoms with Gasteiger partial charge < -0.3 is 10.1 Å². The number of carbonyl (C=O) groups is 1. The Balaban J connectivity index is 1.88. The van der Waals surface area contributed by atoms with Gasteiger partial charge in [-0.2, -0.15) is 0 Å². The third-order valence-corrected chi connectivity index (χ3v) is 4.18. The minimum Gasteiger partial charge on any atom is -0.495 e. The largest absolute Gasteiger partial charge is 0.495 e. The lowest BCUT2D eigenvalue weighted by atomic mass is 10.0. The predicted molar refractivity (Wildman–Crippen MR) is 89.0 cm³/mol. The van der Waals surface area contributed by atoms with Gasteiger partial charge in [-0.3, -0.25) is 9.78 Å². The fourth-order valence-electron chi connectivity index (χ4n) is 2.90. The van der Waals surface area contributed by atoms with Gasteiger partial charge in [-0.25, -0.2) is 4.98 Å². The molecule has 0 radical (unpaired) electrons. The van der Waals surface area contributed by atoms with Gasteiger partial charge in [-0.05, 0) is 55.9 Å². The van der Waals surface area contributed by atoms with E-state index in [1.807, 2.05) is 13.0 Å². The molecule has 5 heteroatoms. The first-order valence-corrected chi connectivity index (χ1v) is 7.97. The topological polar surface area (TPSA) is 64.1 Å². The maximum atomic E-state index is 12.4. The van der Waals surface area contributed by atoms with E-state index in [-0.39, 0.29) is 5.91 Å². The molecule has 1 amide bonds. The summed E-state index contributed by atoms with van der Waals surface area (Å²) in [6.45, 7) is 1.84. The van der Waals surface area contributed by atoms with Crippen LogP contribution in [0, 0.1) is 6.92 Å². The van der Waals surface area contributed by atoms with Crippen molar-refractivity contribution in [1.29, 1.82) is 0 Å². The second-order valence-electron chi connectivity index (χ2n) is 5.88. The summed E-state index contributed by atoms with van der Waals surface area (Å²) in [5, 5.41) is 2.90. The van der Waals surface area contributed by atoms with E-state index in [1.165, 1.54) is 36.6 Å². The van der Waals surface area contributed by atoms with Crippen LogP contribution >= 0.6 is 0 Å². The van der Waals surface area contributed by atoms with Crippen LogP contribution in [0.3, 0.4) is 0 Å². The van der Waals surface area contributed by atoms with Crippen LogP contribution < -0.4 is 10.1 Å². The zero-order valence-electron chi connectivity index (χ0n) is 13.6. The van der Waals surface area contributed by atoms with Crippen LogP contribution in [-0.2, 0) is 12.8 Å². The molecule has 0 aliphatic heterocycles. The molecule has 120 valence electrons. The number of fused-ring (bicyclic) bond motifs is 1. The van der Waals surface area contributed by atoms with Crippen molar-refractivity contribution in [3.63, 3.8) is 0 Å². The smallest absolute Gasteiger partial charge is 0.275 e. The van der Waals surface area contributed by atoms with Gasteiger partial charge in [0.1, 0.15) is 11.4 Å². The van der Waals surface area contributed by atoms with E-state index in [0.717, 1.165) is 18.5 Å². The highest BCUT2D eigenvalue weighted by atomic mass is 16.5. The maximum absolute atomic E-state index is 12.4. The molecule has 0 fully saturated rings. The monoisotopic (exact) mass is 311 g/mol. The quantitative estimate of drug-likeness (QED) is 0.883. The number of ether oxygens (including phenoxy) is 1. The molecule has 0 bridgehead atoms.